The summed E-state index contributed by atoms with van der Waals surface area (Å²) in [5.74, 6) is 0.0454. The first-order valence-electron chi connectivity index (χ1n) is 6.33. The molecule has 1 aliphatic rings. The van der Waals surface area contributed by atoms with Crippen LogP contribution in [0.2, 0.25) is 0 Å². The Morgan fingerprint density at radius 2 is 2.39 bits per heavy atom. The lowest BCUT2D eigenvalue weighted by molar-refractivity contribution is 0.318. The Balaban J connectivity index is 1.89. The van der Waals surface area contributed by atoms with Crippen LogP contribution in [-0.4, -0.2) is 22.6 Å². The SMILES string of the molecule is CCC1(CNCc2ccnc(/C(N)=N/O)c2)CC1. The molecule has 5 nitrogen and oxygen atoms in total. The van der Waals surface area contributed by atoms with Gasteiger partial charge in [0.15, 0.2) is 5.84 Å². The summed E-state index contributed by atoms with van der Waals surface area (Å²) >= 11 is 0. The Hall–Kier alpha value is -1.62. The van der Waals surface area contributed by atoms with E-state index in [0.717, 1.165) is 18.7 Å². The monoisotopic (exact) mass is 248 g/mol. The third-order valence-corrected chi connectivity index (χ3v) is 3.73. The van der Waals surface area contributed by atoms with Crippen molar-refractivity contribution in [2.45, 2.75) is 32.7 Å². The zero-order valence-corrected chi connectivity index (χ0v) is 10.7. The van der Waals surface area contributed by atoms with Crippen LogP contribution in [0.5, 0.6) is 0 Å². The number of nitrogens with two attached hydrogens (primary N) is 1. The Morgan fingerprint density at radius 1 is 1.61 bits per heavy atom. The molecule has 0 spiro atoms. The number of pyridine rings is 1. The molecule has 18 heavy (non-hydrogen) atoms. The third-order valence-electron chi connectivity index (χ3n) is 3.73. The van der Waals surface area contributed by atoms with E-state index >= 15 is 0 Å². The number of aromatic nitrogens is 1. The van der Waals surface area contributed by atoms with Gasteiger partial charge >= 0.3 is 0 Å². The third kappa shape index (κ3) is 2.98. The molecule has 2 rings (SSSR count). The summed E-state index contributed by atoms with van der Waals surface area (Å²) in [4.78, 5) is 4.05. The molecule has 0 saturated heterocycles. The molecule has 5 heteroatoms. The van der Waals surface area contributed by atoms with Gasteiger partial charge < -0.3 is 16.3 Å². The van der Waals surface area contributed by atoms with Crippen LogP contribution in [0.3, 0.4) is 0 Å². The molecule has 1 fully saturated rings. The van der Waals surface area contributed by atoms with Crippen molar-refractivity contribution in [1.29, 1.82) is 0 Å². The standard InChI is InChI=1S/C13H20N4O/c1-2-13(4-5-13)9-15-8-10-3-6-16-11(7-10)12(14)17-18/h3,6-7,15,18H,2,4-5,8-9H2,1H3,(H2,14,17). The van der Waals surface area contributed by atoms with Gasteiger partial charge in [0.25, 0.3) is 0 Å². The molecule has 0 atom stereocenters. The lowest BCUT2D eigenvalue weighted by Gasteiger charge is -2.13. The molecule has 1 heterocycles. The first kappa shape index (κ1) is 12.8. The van der Waals surface area contributed by atoms with Crippen LogP contribution in [-0.2, 0) is 6.54 Å². The molecule has 98 valence electrons. The predicted octanol–water partition coefficient (Wildman–Crippen LogP) is 1.46. The second-order valence-corrected chi connectivity index (χ2v) is 4.99. The zero-order chi connectivity index (χ0) is 13.0. The van der Waals surface area contributed by atoms with Crippen LogP contribution in [0.25, 0.3) is 0 Å². The molecular weight excluding hydrogens is 228 g/mol. The minimum atomic E-state index is 0.0454. The zero-order valence-electron chi connectivity index (χ0n) is 10.7. The van der Waals surface area contributed by atoms with Crippen molar-refractivity contribution in [1.82, 2.24) is 10.3 Å². The maximum atomic E-state index is 8.61. The van der Waals surface area contributed by atoms with Crippen LogP contribution in [0.4, 0.5) is 0 Å². The van der Waals surface area contributed by atoms with Crippen molar-refractivity contribution in [3.8, 4) is 0 Å². The highest BCUT2D eigenvalue weighted by Crippen LogP contribution is 2.47. The number of oxime groups is 1. The first-order chi connectivity index (χ1) is 8.69. The normalized spacial score (nSPS) is 17.7. The summed E-state index contributed by atoms with van der Waals surface area (Å²) in [5.41, 5.74) is 7.66. The fourth-order valence-electron chi connectivity index (χ4n) is 2.08. The van der Waals surface area contributed by atoms with Crippen molar-refractivity contribution in [2.24, 2.45) is 16.3 Å². The molecular formula is C13H20N4O. The van der Waals surface area contributed by atoms with Gasteiger partial charge in [-0.05, 0) is 42.4 Å². The van der Waals surface area contributed by atoms with Gasteiger partial charge in [0.05, 0.1) is 0 Å². The van der Waals surface area contributed by atoms with Gasteiger partial charge in [-0.2, -0.15) is 0 Å². The molecule has 1 aromatic heterocycles. The average molecular weight is 248 g/mol. The second-order valence-electron chi connectivity index (χ2n) is 4.99. The number of hydrogen-bond acceptors (Lipinski definition) is 4. The first-order valence-corrected chi connectivity index (χ1v) is 6.33. The molecule has 0 unspecified atom stereocenters. The van der Waals surface area contributed by atoms with Crippen LogP contribution < -0.4 is 11.1 Å². The Bertz CT molecular complexity index is 440. The van der Waals surface area contributed by atoms with E-state index < -0.39 is 0 Å². The summed E-state index contributed by atoms with van der Waals surface area (Å²) in [5, 5.41) is 15.0. The number of nitrogens with one attached hydrogen (secondary N) is 1. The average Bonchev–Trinajstić information content (AvgIpc) is 3.19. The lowest BCUT2D eigenvalue weighted by Crippen LogP contribution is -2.23. The van der Waals surface area contributed by atoms with Gasteiger partial charge in [0, 0.05) is 19.3 Å². The summed E-state index contributed by atoms with van der Waals surface area (Å²) in [6.07, 6.45) is 5.59. The van der Waals surface area contributed by atoms with E-state index in [2.05, 4.69) is 22.4 Å². The molecule has 0 radical (unpaired) electrons. The van der Waals surface area contributed by atoms with Crippen molar-refractivity contribution in [3.63, 3.8) is 0 Å². The van der Waals surface area contributed by atoms with E-state index in [-0.39, 0.29) is 5.84 Å². The number of amidine groups is 1. The minimum absolute atomic E-state index is 0.0454. The number of nitrogens with zero attached hydrogens (tertiary/aromatic N) is 2. The van der Waals surface area contributed by atoms with E-state index in [1.165, 1.54) is 19.3 Å². The Kier molecular flexibility index (Phi) is 3.81. The molecule has 0 amide bonds. The van der Waals surface area contributed by atoms with E-state index in [4.69, 9.17) is 10.9 Å². The summed E-state index contributed by atoms with van der Waals surface area (Å²) in [6.45, 7) is 4.10. The van der Waals surface area contributed by atoms with E-state index in [1.807, 2.05) is 12.1 Å². The van der Waals surface area contributed by atoms with Gasteiger partial charge in [-0.25, -0.2) is 0 Å². The fraction of sp³-hybridized carbons (Fsp3) is 0.538. The maximum Gasteiger partial charge on any atom is 0.188 e. The Morgan fingerprint density at radius 3 is 3.00 bits per heavy atom. The highest BCUT2D eigenvalue weighted by molar-refractivity contribution is 5.95. The van der Waals surface area contributed by atoms with E-state index in [0.29, 0.717) is 11.1 Å². The summed E-state index contributed by atoms with van der Waals surface area (Å²) < 4.78 is 0. The molecule has 1 aliphatic carbocycles. The van der Waals surface area contributed by atoms with Crippen molar-refractivity contribution in [3.05, 3.63) is 29.6 Å². The molecule has 0 aliphatic heterocycles. The van der Waals surface area contributed by atoms with Gasteiger partial charge in [-0.3, -0.25) is 4.98 Å². The minimum Gasteiger partial charge on any atom is -0.409 e. The fourth-order valence-corrected chi connectivity index (χ4v) is 2.08. The molecule has 4 N–H and O–H groups in total. The van der Waals surface area contributed by atoms with Crippen LogP contribution in [0.15, 0.2) is 23.5 Å². The van der Waals surface area contributed by atoms with E-state index in [9.17, 15) is 0 Å². The maximum absolute atomic E-state index is 8.61. The van der Waals surface area contributed by atoms with Crippen molar-refractivity contribution >= 4 is 5.84 Å². The van der Waals surface area contributed by atoms with Gasteiger partial charge in [-0.15, -0.1) is 0 Å². The largest absolute Gasteiger partial charge is 0.409 e. The highest BCUT2D eigenvalue weighted by Gasteiger charge is 2.39. The van der Waals surface area contributed by atoms with Gasteiger partial charge in [-0.1, -0.05) is 12.1 Å². The Labute approximate surface area is 107 Å². The quantitative estimate of drug-likeness (QED) is 0.308. The summed E-state index contributed by atoms with van der Waals surface area (Å²) in [6, 6.07) is 3.78. The highest BCUT2D eigenvalue weighted by atomic mass is 16.4. The molecule has 0 bridgehead atoms. The topological polar surface area (TPSA) is 83.5 Å². The van der Waals surface area contributed by atoms with Crippen LogP contribution in [0.1, 0.15) is 37.4 Å². The number of rotatable bonds is 6. The van der Waals surface area contributed by atoms with Crippen molar-refractivity contribution in [2.75, 3.05) is 6.54 Å². The molecule has 1 aromatic rings. The second kappa shape index (κ2) is 5.35. The summed E-state index contributed by atoms with van der Waals surface area (Å²) in [7, 11) is 0. The van der Waals surface area contributed by atoms with Gasteiger partial charge in [0.1, 0.15) is 5.69 Å². The van der Waals surface area contributed by atoms with Crippen LogP contribution in [0, 0.1) is 5.41 Å². The smallest absolute Gasteiger partial charge is 0.188 e. The number of hydrogen-bond donors (Lipinski definition) is 3. The van der Waals surface area contributed by atoms with Crippen LogP contribution >= 0.6 is 0 Å². The van der Waals surface area contributed by atoms with Crippen molar-refractivity contribution < 1.29 is 5.21 Å². The lowest BCUT2D eigenvalue weighted by atomic mass is 10.0. The molecule has 0 aromatic carbocycles. The molecule has 1 saturated carbocycles. The van der Waals surface area contributed by atoms with E-state index in [1.54, 1.807) is 6.20 Å². The van der Waals surface area contributed by atoms with Gasteiger partial charge in [0.2, 0.25) is 0 Å². The predicted molar refractivity (Wildman–Crippen MR) is 70.4 cm³/mol.